The Bertz CT molecular complexity index is 648. The second-order valence-electron chi connectivity index (χ2n) is 4.95. The Kier molecular flexibility index (Phi) is 4.48. The SMILES string of the molecule is CC(=O)N1CCCN(S(=O)(=O)c2ccc(N)cc2F)CC1. The average molecular weight is 315 g/mol. The van der Waals surface area contributed by atoms with Gasteiger partial charge >= 0.3 is 0 Å². The summed E-state index contributed by atoms with van der Waals surface area (Å²) in [5.41, 5.74) is 5.60. The van der Waals surface area contributed by atoms with Crippen LogP contribution in [0.3, 0.4) is 0 Å². The van der Waals surface area contributed by atoms with Crippen molar-refractivity contribution in [3.63, 3.8) is 0 Å². The zero-order valence-electron chi connectivity index (χ0n) is 11.8. The summed E-state index contributed by atoms with van der Waals surface area (Å²) in [6, 6.07) is 3.52. The number of anilines is 1. The van der Waals surface area contributed by atoms with E-state index in [4.69, 9.17) is 5.73 Å². The van der Waals surface area contributed by atoms with E-state index in [1.54, 1.807) is 4.90 Å². The maximum atomic E-state index is 13.9. The normalized spacial score (nSPS) is 17.5. The van der Waals surface area contributed by atoms with Crippen molar-refractivity contribution in [2.75, 3.05) is 31.9 Å². The van der Waals surface area contributed by atoms with E-state index in [0.717, 1.165) is 6.07 Å². The number of amides is 1. The lowest BCUT2D eigenvalue weighted by Crippen LogP contribution is -2.36. The van der Waals surface area contributed by atoms with Crippen molar-refractivity contribution in [2.45, 2.75) is 18.2 Å². The second kappa shape index (κ2) is 5.98. The third kappa shape index (κ3) is 3.33. The highest BCUT2D eigenvalue weighted by molar-refractivity contribution is 7.89. The molecule has 0 aliphatic carbocycles. The Morgan fingerprint density at radius 3 is 2.57 bits per heavy atom. The first-order valence-electron chi connectivity index (χ1n) is 6.63. The largest absolute Gasteiger partial charge is 0.399 e. The summed E-state index contributed by atoms with van der Waals surface area (Å²) in [6.45, 7) is 2.68. The molecule has 8 heteroatoms. The molecule has 0 unspecified atom stereocenters. The number of carbonyl (C=O) groups is 1. The van der Waals surface area contributed by atoms with E-state index in [0.29, 0.717) is 19.5 Å². The molecule has 1 aromatic carbocycles. The van der Waals surface area contributed by atoms with Gasteiger partial charge in [-0.05, 0) is 24.6 Å². The van der Waals surface area contributed by atoms with E-state index in [1.165, 1.54) is 23.4 Å². The molecule has 0 radical (unpaired) electrons. The Morgan fingerprint density at radius 1 is 1.24 bits per heavy atom. The van der Waals surface area contributed by atoms with Gasteiger partial charge in [-0.25, -0.2) is 12.8 Å². The molecule has 1 fully saturated rings. The van der Waals surface area contributed by atoms with E-state index >= 15 is 0 Å². The predicted octanol–water partition coefficient (Wildman–Crippen LogP) is 0.651. The van der Waals surface area contributed by atoms with Gasteiger partial charge in [-0.3, -0.25) is 4.79 Å². The van der Waals surface area contributed by atoms with E-state index in [1.807, 2.05) is 0 Å². The van der Waals surface area contributed by atoms with Gasteiger partial charge in [0, 0.05) is 38.8 Å². The molecule has 2 N–H and O–H groups in total. The van der Waals surface area contributed by atoms with Crippen molar-refractivity contribution in [3.8, 4) is 0 Å². The number of nitrogens with two attached hydrogens (primary N) is 1. The molecular formula is C13H18FN3O3S. The minimum absolute atomic E-state index is 0.0899. The van der Waals surface area contributed by atoms with E-state index in [9.17, 15) is 17.6 Å². The fourth-order valence-electron chi connectivity index (χ4n) is 2.31. The molecule has 0 saturated carbocycles. The third-order valence-corrected chi connectivity index (χ3v) is 5.41. The zero-order chi connectivity index (χ0) is 15.6. The standard InChI is InChI=1S/C13H18FN3O3S/c1-10(18)16-5-2-6-17(8-7-16)21(19,20)13-4-3-11(15)9-12(13)14/h3-4,9H,2,5-8,15H2,1H3. The minimum atomic E-state index is -3.92. The van der Waals surface area contributed by atoms with E-state index < -0.39 is 15.8 Å². The smallest absolute Gasteiger partial charge is 0.246 e. The molecule has 21 heavy (non-hydrogen) atoms. The molecule has 0 atom stereocenters. The molecule has 1 aromatic rings. The van der Waals surface area contributed by atoms with Crippen molar-refractivity contribution in [1.82, 2.24) is 9.21 Å². The Morgan fingerprint density at radius 2 is 1.95 bits per heavy atom. The second-order valence-corrected chi connectivity index (χ2v) is 6.86. The minimum Gasteiger partial charge on any atom is -0.399 e. The van der Waals surface area contributed by atoms with Crippen LogP contribution in [0.15, 0.2) is 23.1 Å². The topological polar surface area (TPSA) is 83.7 Å². The summed E-state index contributed by atoms with van der Waals surface area (Å²) in [4.78, 5) is 12.6. The van der Waals surface area contributed by atoms with Crippen LogP contribution in [0.5, 0.6) is 0 Å². The number of halogens is 1. The lowest BCUT2D eigenvalue weighted by molar-refractivity contribution is -0.128. The van der Waals surface area contributed by atoms with Crippen LogP contribution in [0.1, 0.15) is 13.3 Å². The number of hydrogen-bond donors (Lipinski definition) is 1. The Balaban J connectivity index is 2.25. The lowest BCUT2D eigenvalue weighted by Gasteiger charge is -2.21. The fourth-order valence-corrected chi connectivity index (χ4v) is 3.83. The first kappa shape index (κ1) is 15.7. The van der Waals surface area contributed by atoms with Crippen LogP contribution in [0.4, 0.5) is 10.1 Å². The van der Waals surface area contributed by atoms with Gasteiger partial charge in [0.2, 0.25) is 15.9 Å². The Labute approximate surface area is 123 Å². The highest BCUT2D eigenvalue weighted by Gasteiger charge is 2.29. The van der Waals surface area contributed by atoms with Gasteiger partial charge in [0.05, 0.1) is 0 Å². The van der Waals surface area contributed by atoms with Crippen LogP contribution in [0.25, 0.3) is 0 Å². The van der Waals surface area contributed by atoms with Gasteiger partial charge < -0.3 is 10.6 Å². The quantitative estimate of drug-likeness (QED) is 0.812. The highest BCUT2D eigenvalue weighted by Crippen LogP contribution is 2.22. The van der Waals surface area contributed by atoms with Gasteiger partial charge in [0.25, 0.3) is 0 Å². The summed E-state index contributed by atoms with van der Waals surface area (Å²) in [5, 5.41) is 0. The molecule has 1 aliphatic heterocycles. The number of nitrogen functional groups attached to an aromatic ring is 1. The summed E-state index contributed by atoms with van der Waals surface area (Å²) in [6.07, 6.45) is 0.523. The number of nitrogens with zero attached hydrogens (tertiary/aromatic N) is 2. The number of hydrogen-bond acceptors (Lipinski definition) is 4. The molecule has 6 nitrogen and oxygen atoms in total. The molecule has 1 saturated heterocycles. The van der Waals surface area contributed by atoms with Crippen LogP contribution in [-0.4, -0.2) is 49.7 Å². The molecule has 1 aliphatic rings. The van der Waals surface area contributed by atoms with Gasteiger partial charge in [0.15, 0.2) is 0 Å². The molecule has 116 valence electrons. The van der Waals surface area contributed by atoms with Crippen molar-refractivity contribution in [2.24, 2.45) is 0 Å². The highest BCUT2D eigenvalue weighted by atomic mass is 32.2. The number of benzene rings is 1. The number of carbonyl (C=O) groups excluding carboxylic acids is 1. The monoisotopic (exact) mass is 315 g/mol. The van der Waals surface area contributed by atoms with Crippen LogP contribution in [-0.2, 0) is 14.8 Å². The predicted molar refractivity (Wildman–Crippen MR) is 76.4 cm³/mol. The van der Waals surface area contributed by atoms with Crippen molar-refractivity contribution in [3.05, 3.63) is 24.0 Å². The van der Waals surface area contributed by atoms with Crippen LogP contribution in [0, 0.1) is 5.82 Å². The molecule has 0 bridgehead atoms. The molecule has 0 aromatic heterocycles. The summed E-state index contributed by atoms with van der Waals surface area (Å²) < 4.78 is 40.1. The molecule has 1 heterocycles. The van der Waals surface area contributed by atoms with Crippen molar-refractivity contribution in [1.29, 1.82) is 0 Å². The van der Waals surface area contributed by atoms with E-state index in [2.05, 4.69) is 0 Å². The summed E-state index contributed by atoms with van der Waals surface area (Å²) in [7, 11) is -3.92. The van der Waals surface area contributed by atoms with Gasteiger partial charge in [-0.15, -0.1) is 0 Å². The average Bonchev–Trinajstić information content (AvgIpc) is 2.64. The van der Waals surface area contributed by atoms with Gasteiger partial charge in [-0.1, -0.05) is 0 Å². The Hall–Kier alpha value is -1.67. The van der Waals surface area contributed by atoms with E-state index in [-0.39, 0.29) is 29.6 Å². The molecular weight excluding hydrogens is 297 g/mol. The maximum absolute atomic E-state index is 13.9. The van der Waals surface area contributed by atoms with Crippen LogP contribution >= 0.6 is 0 Å². The summed E-state index contributed by atoms with van der Waals surface area (Å²) in [5.74, 6) is -0.949. The summed E-state index contributed by atoms with van der Waals surface area (Å²) >= 11 is 0. The van der Waals surface area contributed by atoms with Crippen LogP contribution in [0.2, 0.25) is 0 Å². The molecule has 1 amide bonds. The van der Waals surface area contributed by atoms with Gasteiger partial charge in [-0.2, -0.15) is 4.31 Å². The molecule has 2 rings (SSSR count). The maximum Gasteiger partial charge on any atom is 0.246 e. The number of rotatable bonds is 2. The van der Waals surface area contributed by atoms with Crippen molar-refractivity contribution < 1.29 is 17.6 Å². The first-order chi connectivity index (χ1) is 9.82. The number of sulfonamides is 1. The van der Waals surface area contributed by atoms with Crippen LogP contribution < -0.4 is 5.73 Å². The zero-order valence-corrected chi connectivity index (χ0v) is 12.6. The first-order valence-corrected chi connectivity index (χ1v) is 8.07. The van der Waals surface area contributed by atoms with Crippen molar-refractivity contribution >= 4 is 21.6 Å². The van der Waals surface area contributed by atoms with Gasteiger partial charge in [0.1, 0.15) is 10.7 Å². The third-order valence-electron chi connectivity index (χ3n) is 3.47. The fraction of sp³-hybridized carbons (Fsp3) is 0.462. The lowest BCUT2D eigenvalue weighted by atomic mass is 10.3. The molecule has 0 spiro atoms.